The number of nitrogen functional groups attached to an aromatic ring is 1. The number of β-lactam (4-membered cyclic amide) rings is 1. The molecular weight excluding hydrogens is 745 g/mol. The Kier molecular flexibility index (Phi) is 12.1. The van der Waals surface area contributed by atoms with E-state index in [1.54, 1.807) is 47.5 Å². The van der Waals surface area contributed by atoms with Crippen LogP contribution in [0.25, 0.3) is 0 Å². The quantitative estimate of drug-likeness (QED) is 0.0405. The van der Waals surface area contributed by atoms with Crippen LogP contribution in [0.15, 0.2) is 120 Å². The minimum atomic E-state index is -4.41. The van der Waals surface area contributed by atoms with Crippen molar-refractivity contribution in [1.29, 1.82) is 0 Å². The number of carbonyl (C=O) groups excluding carboxylic acids is 3. The summed E-state index contributed by atoms with van der Waals surface area (Å²) in [4.78, 5) is 53.6. The number of benzene rings is 2. The molecule has 2 aliphatic rings. The number of hydrogen-bond acceptors (Lipinski definition) is 14. The largest absolute Gasteiger partial charge is 0.726 e. The Bertz CT molecular complexity index is 2110. The number of nitrogens with zero attached hydrogens (tertiary/aromatic N) is 4. The highest BCUT2D eigenvalue weighted by Gasteiger charge is 2.59. The summed E-state index contributed by atoms with van der Waals surface area (Å²) in [6, 6.07) is 23.0. The third kappa shape index (κ3) is 8.16. The molecule has 4 heterocycles. The zero-order chi connectivity index (χ0) is 38.3. The predicted octanol–water partition coefficient (Wildman–Crippen LogP) is 2.69. The topological polar surface area (TPSA) is 207 Å². The Morgan fingerprint density at radius 1 is 1.13 bits per heavy atom. The predicted molar refractivity (Wildman–Crippen MR) is 195 cm³/mol. The van der Waals surface area contributed by atoms with Gasteiger partial charge in [-0.15, -0.1) is 28.3 Å². The number of nitrogens with two attached hydrogens (primary N) is 1. The van der Waals surface area contributed by atoms with Crippen LogP contribution in [0.4, 0.5) is 5.13 Å². The number of hydrogen-bond donors (Lipinski definition) is 2. The van der Waals surface area contributed by atoms with Gasteiger partial charge >= 0.3 is 11.6 Å². The van der Waals surface area contributed by atoms with Crippen LogP contribution in [0, 0.1) is 0 Å². The van der Waals surface area contributed by atoms with Gasteiger partial charge in [-0.25, -0.2) is 22.8 Å². The summed E-state index contributed by atoms with van der Waals surface area (Å²) >= 11 is 2.52. The highest BCUT2D eigenvalue weighted by molar-refractivity contribution is 8.00. The zero-order valence-electron chi connectivity index (χ0n) is 28.4. The van der Waals surface area contributed by atoms with Gasteiger partial charge in [0.25, 0.3) is 11.8 Å². The third-order valence-corrected chi connectivity index (χ3v) is 10.6. The fourth-order valence-electron chi connectivity index (χ4n) is 5.71. The highest BCUT2D eigenvalue weighted by Crippen LogP contribution is 2.43. The Labute approximate surface area is 313 Å². The van der Waals surface area contributed by atoms with E-state index in [1.807, 2.05) is 60.7 Å². The Hall–Kier alpha value is -5.40. The number of amides is 2. The molecule has 0 bridgehead atoms. The van der Waals surface area contributed by atoms with Gasteiger partial charge in [-0.3, -0.25) is 18.7 Å². The first-order valence-corrected chi connectivity index (χ1v) is 18.9. The number of fused-ring (bicyclic) bond motifs is 1. The second-order valence-corrected chi connectivity index (χ2v) is 14.4. The van der Waals surface area contributed by atoms with Crippen LogP contribution in [0.5, 0.6) is 0 Å². The van der Waals surface area contributed by atoms with Gasteiger partial charge in [0.15, 0.2) is 17.4 Å². The lowest BCUT2D eigenvalue weighted by molar-refractivity contribution is -0.684. The number of oxime groups is 1. The van der Waals surface area contributed by atoms with Crippen molar-refractivity contribution in [3.05, 3.63) is 137 Å². The van der Waals surface area contributed by atoms with Crippen molar-refractivity contribution in [1.82, 2.24) is 15.2 Å². The lowest BCUT2D eigenvalue weighted by Crippen LogP contribution is -2.72. The number of anilines is 1. The Balaban J connectivity index is 0.000000833. The number of carbonyl (C=O) groups is 3. The van der Waals surface area contributed by atoms with Crippen LogP contribution in [0.3, 0.4) is 0 Å². The molecule has 6 rings (SSSR count). The standard InChI is InChI=1S/C34H30N6O5S2.CH4O4S/c1-4-21-19-46-30-26(38-32(43)34(45-36-2,24-20-47-33(35)37-24)25-17-11-12-18-39(25)3)29(41)40(30)27(21)31(42)44-28(22-13-7-5-8-14-22)23-15-9-6-10-16-23;1-5-6(2,3)4/h4-18,20,26,28,30H,1-2,19H2,3H3,(H2-,35,37,38,43);1H3,(H,2,3,4)/t26?,30-,34?;/m1./s1. The van der Waals surface area contributed by atoms with Crippen LogP contribution in [0.1, 0.15) is 28.6 Å². The highest BCUT2D eigenvalue weighted by atomic mass is 32.3. The van der Waals surface area contributed by atoms with E-state index in [9.17, 15) is 27.4 Å². The van der Waals surface area contributed by atoms with E-state index in [0.717, 1.165) is 29.6 Å². The summed E-state index contributed by atoms with van der Waals surface area (Å²) in [5, 5.41) is 7.70. The van der Waals surface area contributed by atoms with Gasteiger partial charge in [-0.05, 0) is 22.8 Å². The number of pyridine rings is 1. The number of thioether (sulfide) groups is 1. The fraction of sp³-hybridized carbons (Fsp3) is 0.200. The lowest BCUT2D eigenvalue weighted by atomic mass is 9.92. The fourth-order valence-corrected chi connectivity index (χ4v) is 7.65. The van der Waals surface area contributed by atoms with Crippen molar-refractivity contribution < 1.29 is 45.7 Å². The molecule has 3 atom stereocenters. The van der Waals surface area contributed by atoms with Gasteiger partial charge in [0.1, 0.15) is 29.9 Å². The second-order valence-electron chi connectivity index (χ2n) is 11.3. The number of thiazole rings is 1. The van der Waals surface area contributed by atoms with Crippen molar-refractivity contribution in [2.45, 2.75) is 23.1 Å². The van der Waals surface area contributed by atoms with E-state index >= 15 is 0 Å². The monoisotopic (exact) mass is 778 g/mol. The molecule has 276 valence electrons. The van der Waals surface area contributed by atoms with Gasteiger partial charge in [-0.1, -0.05) is 73.3 Å². The maximum atomic E-state index is 14.3. The molecule has 1 fully saturated rings. The molecule has 53 heavy (non-hydrogen) atoms. The van der Waals surface area contributed by atoms with E-state index in [1.165, 1.54) is 16.7 Å². The summed E-state index contributed by atoms with van der Waals surface area (Å²) in [7, 11) is -1.86. The van der Waals surface area contributed by atoms with Crippen LogP contribution in [0.2, 0.25) is 0 Å². The first kappa shape index (κ1) is 38.8. The molecule has 2 amide bonds. The average Bonchev–Trinajstić information content (AvgIpc) is 3.61. The molecular formula is C35H34N6O9S3. The minimum absolute atomic E-state index is 0.0908. The number of allylic oxidation sites excluding steroid dienone is 1. The maximum absolute atomic E-state index is 14.3. The molecule has 0 radical (unpaired) electrons. The van der Waals surface area contributed by atoms with E-state index in [4.69, 9.17) is 15.3 Å². The molecule has 2 aromatic carbocycles. The molecule has 18 heteroatoms. The van der Waals surface area contributed by atoms with Gasteiger partial charge in [0.05, 0.1) is 7.11 Å². The minimum Gasteiger partial charge on any atom is -0.726 e. The molecule has 1 saturated heterocycles. The van der Waals surface area contributed by atoms with Crippen LogP contribution in [-0.4, -0.2) is 71.6 Å². The molecule has 15 nitrogen and oxygen atoms in total. The number of nitrogens with one attached hydrogen (secondary N) is 1. The van der Waals surface area contributed by atoms with E-state index in [2.05, 4.69) is 32.9 Å². The molecule has 2 unspecified atom stereocenters. The number of esters is 1. The first-order valence-electron chi connectivity index (χ1n) is 15.6. The third-order valence-electron chi connectivity index (χ3n) is 8.18. The van der Waals surface area contributed by atoms with Gasteiger partial charge < -0.3 is 25.2 Å². The van der Waals surface area contributed by atoms with Crippen molar-refractivity contribution in [3.63, 3.8) is 0 Å². The molecule has 0 aliphatic carbocycles. The van der Waals surface area contributed by atoms with Crippen molar-refractivity contribution in [3.8, 4) is 0 Å². The number of ether oxygens (including phenoxy) is 1. The summed E-state index contributed by atoms with van der Waals surface area (Å²) in [6.07, 6.45) is 2.57. The smallest absolute Gasteiger partial charge is 0.356 e. The first-order chi connectivity index (χ1) is 25.4. The van der Waals surface area contributed by atoms with Crippen molar-refractivity contribution >= 4 is 63.1 Å². The normalized spacial score (nSPS) is 17.7. The summed E-state index contributed by atoms with van der Waals surface area (Å²) < 4.78 is 38.8. The van der Waals surface area contributed by atoms with Gasteiger partial charge in [0, 0.05) is 30.0 Å². The number of aryl methyl sites for hydroxylation is 1. The summed E-state index contributed by atoms with van der Waals surface area (Å²) in [5.41, 5.74) is 6.79. The number of aromatic nitrogens is 2. The summed E-state index contributed by atoms with van der Waals surface area (Å²) in [6.45, 7) is 7.34. The molecule has 3 N–H and O–H groups in total. The maximum Gasteiger partial charge on any atom is 0.356 e. The van der Waals surface area contributed by atoms with Crippen molar-refractivity contribution in [2.75, 3.05) is 18.6 Å². The molecule has 4 aromatic rings. The van der Waals surface area contributed by atoms with Crippen LogP contribution < -0.4 is 15.6 Å². The zero-order valence-corrected chi connectivity index (χ0v) is 30.8. The Morgan fingerprint density at radius 3 is 2.25 bits per heavy atom. The van der Waals surface area contributed by atoms with E-state index in [-0.39, 0.29) is 16.5 Å². The molecule has 2 aromatic heterocycles. The Morgan fingerprint density at radius 2 is 1.74 bits per heavy atom. The average molecular weight is 779 g/mol. The summed E-state index contributed by atoms with van der Waals surface area (Å²) in [5.74, 6) is -1.51. The molecule has 0 spiro atoms. The van der Waals surface area contributed by atoms with E-state index in [0.29, 0.717) is 17.0 Å². The van der Waals surface area contributed by atoms with Crippen molar-refractivity contribution in [2.24, 2.45) is 12.2 Å². The lowest BCUT2D eigenvalue weighted by Gasteiger charge is -2.50. The SMILES string of the molecule is C=CC1=C(C(=O)OC(c2ccccc2)c2ccccc2)N2C(=O)C(NC(=O)C(ON=C)(c3csc(N)n3)c3cccc[n+]3C)[C@H]2SC1.COS(=O)(=O)[O-]. The van der Waals surface area contributed by atoms with E-state index < -0.39 is 51.3 Å². The van der Waals surface area contributed by atoms with Gasteiger partial charge in [-0.2, -0.15) is 0 Å². The second kappa shape index (κ2) is 16.5. The molecule has 2 aliphatic heterocycles. The van der Waals surface area contributed by atoms with Crippen LogP contribution in [-0.2, 0) is 51.2 Å². The van der Waals surface area contributed by atoms with Gasteiger partial charge in [0.2, 0.25) is 16.1 Å². The molecule has 0 saturated carbocycles. The number of rotatable bonds is 12. The van der Waals surface area contributed by atoms with Crippen LogP contribution >= 0.6 is 23.1 Å².